The second kappa shape index (κ2) is 5.50. The number of aliphatic hydroxyl groups excluding tert-OH is 2. The number of rotatable bonds is 4. The second-order valence-electron chi connectivity index (χ2n) is 3.90. The van der Waals surface area contributed by atoms with Gasteiger partial charge in [-0.2, -0.15) is 0 Å². The molecule has 2 nitrogen and oxygen atoms in total. The summed E-state index contributed by atoms with van der Waals surface area (Å²) in [7, 11) is 0. The predicted molar refractivity (Wildman–Crippen MR) is 62.3 cm³/mol. The van der Waals surface area contributed by atoms with Crippen molar-refractivity contribution in [3.8, 4) is 0 Å². The first-order chi connectivity index (χ1) is 7.04. The lowest BCUT2D eigenvalue weighted by molar-refractivity contribution is 0.0886. The van der Waals surface area contributed by atoms with Crippen LogP contribution < -0.4 is 0 Å². The number of benzene rings is 1. The molecule has 0 heterocycles. The van der Waals surface area contributed by atoms with Gasteiger partial charge in [0.2, 0.25) is 0 Å². The molecule has 1 atom stereocenters. The number of hydrogen-bond donors (Lipinski definition) is 2. The molecule has 15 heavy (non-hydrogen) atoms. The minimum atomic E-state index is -0.650. The zero-order valence-electron chi connectivity index (χ0n) is 9.13. The molecule has 84 valence electrons. The molecular formula is C12H17ClO2. The Morgan fingerprint density at radius 1 is 1.27 bits per heavy atom. The lowest BCUT2D eigenvalue weighted by Crippen LogP contribution is -2.12. The third-order valence-corrected chi connectivity index (χ3v) is 2.97. The van der Waals surface area contributed by atoms with Crippen molar-refractivity contribution in [2.24, 2.45) is 0 Å². The SMILES string of the molecule is Cc1cc(Cl)c(CCC(O)CO)cc1C. The van der Waals surface area contributed by atoms with E-state index in [0.29, 0.717) is 12.8 Å². The van der Waals surface area contributed by atoms with Crippen LogP contribution in [0.25, 0.3) is 0 Å². The van der Waals surface area contributed by atoms with Crippen LogP contribution >= 0.6 is 11.6 Å². The van der Waals surface area contributed by atoms with Crippen LogP contribution in [0.3, 0.4) is 0 Å². The van der Waals surface area contributed by atoms with Crippen molar-refractivity contribution in [1.82, 2.24) is 0 Å². The Morgan fingerprint density at radius 2 is 1.87 bits per heavy atom. The molecule has 0 radical (unpaired) electrons. The Balaban J connectivity index is 2.73. The maximum Gasteiger partial charge on any atom is 0.0774 e. The molecule has 0 saturated heterocycles. The van der Waals surface area contributed by atoms with Crippen molar-refractivity contribution in [2.45, 2.75) is 32.8 Å². The van der Waals surface area contributed by atoms with E-state index in [1.807, 2.05) is 26.0 Å². The lowest BCUT2D eigenvalue weighted by Gasteiger charge is -2.10. The van der Waals surface area contributed by atoms with Crippen molar-refractivity contribution in [3.05, 3.63) is 33.8 Å². The van der Waals surface area contributed by atoms with Gasteiger partial charge in [-0.3, -0.25) is 0 Å². The molecule has 0 aliphatic rings. The van der Waals surface area contributed by atoms with Crippen LogP contribution in [0.4, 0.5) is 0 Å². The molecule has 0 aliphatic carbocycles. The molecule has 0 fully saturated rings. The summed E-state index contributed by atoms with van der Waals surface area (Å²) in [6, 6.07) is 3.99. The quantitative estimate of drug-likeness (QED) is 0.830. The summed E-state index contributed by atoms with van der Waals surface area (Å²) >= 11 is 6.08. The molecule has 3 heteroatoms. The van der Waals surface area contributed by atoms with Crippen LogP contribution in [0.15, 0.2) is 12.1 Å². The first-order valence-corrected chi connectivity index (χ1v) is 5.47. The topological polar surface area (TPSA) is 40.5 Å². The number of aryl methyl sites for hydroxylation is 3. The van der Waals surface area contributed by atoms with Gasteiger partial charge in [-0.15, -0.1) is 0 Å². The van der Waals surface area contributed by atoms with Crippen molar-refractivity contribution in [2.75, 3.05) is 6.61 Å². The average molecular weight is 229 g/mol. The Kier molecular flexibility index (Phi) is 4.58. The standard InChI is InChI=1S/C12H17ClO2/c1-8-5-10(3-4-11(15)7-14)12(13)6-9(8)2/h5-6,11,14-15H,3-4,7H2,1-2H3. The highest BCUT2D eigenvalue weighted by molar-refractivity contribution is 6.31. The zero-order chi connectivity index (χ0) is 11.4. The van der Waals surface area contributed by atoms with Gasteiger partial charge in [0.15, 0.2) is 0 Å². The van der Waals surface area contributed by atoms with Gasteiger partial charge < -0.3 is 10.2 Å². The summed E-state index contributed by atoms with van der Waals surface area (Å²) in [4.78, 5) is 0. The Hall–Kier alpha value is -0.570. The van der Waals surface area contributed by atoms with Crippen LogP contribution in [0.2, 0.25) is 5.02 Å². The van der Waals surface area contributed by atoms with Gasteiger partial charge in [-0.05, 0) is 49.4 Å². The molecule has 0 aromatic heterocycles. The molecule has 1 aromatic rings. The van der Waals surface area contributed by atoms with Crippen molar-refractivity contribution < 1.29 is 10.2 Å². The molecule has 0 spiro atoms. The highest BCUT2D eigenvalue weighted by Gasteiger charge is 2.07. The zero-order valence-corrected chi connectivity index (χ0v) is 9.88. The van der Waals surface area contributed by atoms with Crippen LogP contribution in [0.1, 0.15) is 23.1 Å². The van der Waals surface area contributed by atoms with E-state index in [-0.39, 0.29) is 6.61 Å². The van der Waals surface area contributed by atoms with Crippen molar-refractivity contribution >= 4 is 11.6 Å². The minimum Gasteiger partial charge on any atom is -0.394 e. The fourth-order valence-electron chi connectivity index (χ4n) is 1.45. The third-order valence-electron chi connectivity index (χ3n) is 2.62. The summed E-state index contributed by atoms with van der Waals surface area (Å²) in [5.74, 6) is 0. The molecule has 2 N–H and O–H groups in total. The average Bonchev–Trinajstić information content (AvgIpc) is 2.21. The monoisotopic (exact) mass is 228 g/mol. The van der Waals surface area contributed by atoms with E-state index in [1.165, 1.54) is 11.1 Å². The van der Waals surface area contributed by atoms with Crippen LogP contribution in [0, 0.1) is 13.8 Å². The molecule has 1 rings (SSSR count). The highest BCUT2D eigenvalue weighted by Crippen LogP contribution is 2.22. The first-order valence-electron chi connectivity index (χ1n) is 5.09. The van der Waals surface area contributed by atoms with Crippen molar-refractivity contribution in [3.63, 3.8) is 0 Å². The highest BCUT2D eigenvalue weighted by atomic mass is 35.5. The van der Waals surface area contributed by atoms with E-state index in [9.17, 15) is 5.11 Å². The Morgan fingerprint density at radius 3 is 2.47 bits per heavy atom. The largest absolute Gasteiger partial charge is 0.394 e. The summed E-state index contributed by atoms with van der Waals surface area (Å²) in [6.45, 7) is 3.87. The summed E-state index contributed by atoms with van der Waals surface area (Å²) in [6.07, 6.45) is 0.586. The molecule has 0 saturated carbocycles. The molecule has 1 unspecified atom stereocenters. The fourth-order valence-corrected chi connectivity index (χ4v) is 1.76. The van der Waals surface area contributed by atoms with Crippen molar-refractivity contribution in [1.29, 1.82) is 0 Å². The second-order valence-corrected chi connectivity index (χ2v) is 4.31. The van der Waals surface area contributed by atoms with E-state index in [2.05, 4.69) is 0 Å². The van der Waals surface area contributed by atoms with Crippen LogP contribution in [-0.2, 0) is 6.42 Å². The van der Waals surface area contributed by atoms with E-state index in [0.717, 1.165) is 10.6 Å². The maximum absolute atomic E-state index is 9.24. The van der Waals surface area contributed by atoms with Crippen LogP contribution in [0.5, 0.6) is 0 Å². The number of hydrogen-bond acceptors (Lipinski definition) is 2. The first kappa shape index (κ1) is 12.5. The molecule has 0 bridgehead atoms. The minimum absolute atomic E-state index is 0.192. The van der Waals surface area contributed by atoms with E-state index >= 15 is 0 Å². The molecular weight excluding hydrogens is 212 g/mol. The van der Waals surface area contributed by atoms with E-state index < -0.39 is 6.10 Å². The maximum atomic E-state index is 9.24. The number of halogens is 1. The van der Waals surface area contributed by atoms with Gasteiger partial charge in [0.1, 0.15) is 0 Å². The third kappa shape index (κ3) is 3.49. The number of aliphatic hydroxyl groups is 2. The van der Waals surface area contributed by atoms with Gasteiger partial charge in [0.05, 0.1) is 12.7 Å². The Labute approximate surface area is 95.5 Å². The Bertz CT molecular complexity index is 337. The summed E-state index contributed by atoms with van der Waals surface area (Å²) < 4.78 is 0. The fraction of sp³-hybridized carbons (Fsp3) is 0.500. The van der Waals surface area contributed by atoms with Gasteiger partial charge in [0, 0.05) is 5.02 Å². The van der Waals surface area contributed by atoms with Gasteiger partial charge in [-0.1, -0.05) is 17.7 Å². The molecule has 1 aromatic carbocycles. The van der Waals surface area contributed by atoms with Gasteiger partial charge >= 0.3 is 0 Å². The summed E-state index contributed by atoms with van der Waals surface area (Å²) in [5.41, 5.74) is 3.41. The normalized spacial score (nSPS) is 12.9. The lowest BCUT2D eigenvalue weighted by atomic mass is 10.0. The van der Waals surface area contributed by atoms with Gasteiger partial charge in [-0.25, -0.2) is 0 Å². The van der Waals surface area contributed by atoms with Gasteiger partial charge in [0.25, 0.3) is 0 Å². The smallest absolute Gasteiger partial charge is 0.0774 e. The van der Waals surface area contributed by atoms with E-state index in [1.54, 1.807) is 0 Å². The summed E-state index contributed by atoms with van der Waals surface area (Å²) in [5, 5.41) is 18.7. The van der Waals surface area contributed by atoms with E-state index in [4.69, 9.17) is 16.7 Å². The molecule has 0 aliphatic heterocycles. The van der Waals surface area contributed by atoms with Crippen LogP contribution in [-0.4, -0.2) is 22.9 Å². The molecule has 0 amide bonds. The predicted octanol–water partition coefficient (Wildman–Crippen LogP) is 2.24.